The van der Waals surface area contributed by atoms with Gasteiger partial charge in [-0.3, -0.25) is 0 Å². The van der Waals surface area contributed by atoms with Gasteiger partial charge in [0.15, 0.2) is 0 Å². The molecule has 2 heteroatoms. The van der Waals surface area contributed by atoms with Crippen molar-refractivity contribution in [3.05, 3.63) is 0 Å². The Balaban J connectivity index is 1.49. The van der Waals surface area contributed by atoms with E-state index in [2.05, 4.69) is 17.1 Å². The monoisotopic (exact) mass is 208 g/mol. The molecule has 2 nitrogen and oxygen atoms in total. The van der Waals surface area contributed by atoms with Crippen molar-refractivity contribution in [2.24, 2.45) is 10.8 Å². The number of hydrogen-bond acceptors (Lipinski definition) is 2. The molecule has 2 heterocycles. The van der Waals surface area contributed by atoms with Crippen LogP contribution in [0.15, 0.2) is 0 Å². The molecule has 1 aliphatic carbocycles. The van der Waals surface area contributed by atoms with Gasteiger partial charge in [-0.15, -0.1) is 0 Å². The molecule has 0 amide bonds. The summed E-state index contributed by atoms with van der Waals surface area (Å²) in [5.74, 6) is 0. The van der Waals surface area contributed by atoms with Gasteiger partial charge < -0.3 is 10.2 Å². The fourth-order valence-corrected chi connectivity index (χ4v) is 3.74. The van der Waals surface area contributed by atoms with Crippen molar-refractivity contribution in [1.82, 2.24) is 10.2 Å². The van der Waals surface area contributed by atoms with E-state index in [0.717, 1.165) is 5.41 Å². The lowest BCUT2D eigenvalue weighted by atomic mass is 9.63. The van der Waals surface area contributed by atoms with Gasteiger partial charge >= 0.3 is 0 Å². The lowest BCUT2D eigenvalue weighted by Gasteiger charge is -2.58. The number of piperidine rings is 1. The summed E-state index contributed by atoms with van der Waals surface area (Å²) in [6.07, 6.45) is 7.27. The highest BCUT2D eigenvalue weighted by atomic mass is 15.2. The van der Waals surface area contributed by atoms with E-state index >= 15 is 0 Å². The van der Waals surface area contributed by atoms with Crippen LogP contribution in [0.25, 0.3) is 0 Å². The normalized spacial score (nSPS) is 33.4. The SMILES string of the molecule is CC1(CN2CC3(CCC3)C2)CCNCC1. The van der Waals surface area contributed by atoms with Gasteiger partial charge in [0, 0.05) is 19.6 Å². The Labute approximate surface area is 93.4 Å². The average Bonchev–Trinajstić information content (AvgIpc) is 2.09. The number of rotatable bonds is 2. The fourth-order valence-electron chi connectivity index (χ4n) is 3.74. The van der Waals surface area contributed by atoms with Crippen molar-refractivity contribution in [2.45, 2.75) is 39.0 Å². The summed E-state index contributed by atoms with van der Waals surface area (Å²) in [6.45, 7) is 9.13. The molecule has 1 spiro atoms. The van der Waals surface area contributed by atoms with Crippen molar-refractivity contribution < 1.29 is 0 Å². The van der Waals surface area contributed by atoms with Gasteiger partial charge in [0.05, 0.1) is 0 Å². The van der Waals surface area contributed by atoms with Crippen molar-refractivity contribution in [2.75, 3.05) is 32.7 Å². The molecule has 3 fully saturated rings. The van der Waals surface area contributed by atoms with Crippen LogP contribution in [0.4, 0.5) is 0 Å². The van der Waals surface area contributed by atoms with Crippen molar-refractivity contribution in [3.8, 4) is 0 Å². The van der Waals surface area contributed by atoms with Crippen molar-refractivity contribution in [1.29, 1.82) is 0 Å². The Bertz CT molecular complexity index is 231. The third-order valence-corrected chi connectivity index (χ3v) is 4.95. The van der Waals surface area contributed by atoms with E-state index in [1.165, 1.54) is 64.8 Å². The van der Waals surface area contributed by atoms with Crippen LogP contribution in [0.3, 0.4) is 0 Å². The van der Waals surface area contributed by atoms with E-state index in [4.69, 9.17) is 0 Å². The molecule has 0 aromatic rings. The molecule has 2 aliphatic heterocycles. The molecule has 0 aromatic carbocycles. The summed E-state index contributed by atoms with van der Waals surface area (Å²) < 4.78 is 0. The Kier molecular flexibility index (Phi) is 2.33. The van der Waals surface area contributed by atoms with Crippen LogP contribution >= 0.6 is 0 Å². The summed E-state index contributed by atoms with van der Waals surface area (Å²) in [7, 11) is 0. The number of hydrogen-bond donors (Lipinski definition) is 1. The predicted molar refractivity (Wildman–Crippen MR) is 62.9 cm³/mol. The lowest BCUT2D eigenvalue weighted by Crippen LogP contribution is -2.61. The second-order valence-corrected chi connectivity index (χ2v) is 6.56. The van der Waals surface area contributed by atoms with Gasteiger partial charge in [0.2, 0.25) is 0 Å². The minimum atomic E-state index is 0.608. The van der Waals surface area contributed by atoms with Crippen LogP contribution in [-0.4, -0.2) is 37.6 Å². The van der Waals surface area contributed by atoms with Crippen LogP contribution < -0.4 is 5.32 Å². The van der Waals surface area contributed by atoms with Gasteiger partial charge in [-0.25, -0.2) is 0 Å². The van der Waals surface area contributed by atoms with Gasteiger partial charge in [-0.05, 0) is 49.6 Å². The molecule has 15 heavy (non-hydrogen) atoms. The molecule has 0 aromatic heterocycles. The molecule has 3 aliphatic rings. The Hall–Kier alpha value is -0.0800. The molecule has 3 rings (SSSR count). The van der Waals surface area contributed by atoms with E-state index in [-0.39, 0.29) is 0 Å². The van der Waals surface area contributed by atoms with Gasteiger partial charge in [-0.2, -0.15) is 0 Å². The lowest BCUT2D eigenvalue weighted by molar-refractivity contribution is -0.0796. The minimum Gasteiger partial charge on any atom is -0.317 e. The highest BCUT2D eigenvalue weighted by molar-refractivity contribution is 5.01. The van der Waals surface area contributed by atoms with E-state index in [1.807, 2.05) is 0 Å². The second-order valence-electron chi connectivity index (χ2n) is 6.56. The largest absolute Gasteiger partial charge is 0.317 e. The van der Waals surface area contributed by atoms with Crippen LogP contribution in [0.2, 0.25) is 0 Å². The second kappa shape index (κ2) is 3.46. The molecule has 1 saturated carbocycles. The first-order valence-corrected chi connectivity index (χ1v) is 6.63. The predicted octanol–water partition coefficient (Wildman–Crippen LogP) is 1.86. The Morgan fingerprint density at radius 1 is 1.07 bits per heavy atom. The van der Waals surface area contributed by atoms with E-state index in [1.54, 1.807) is 0 Å². The molecular formula is C13H24N2. The molecule has 2 saturated heterocycles. The van der Waals surface area contributed by atoms with Crippen LogP contribution in [0, 0.1) is 10.8 Å². The average molecular weight is 208 g/mol. The third kappa shape index (κ3) is 1.83. The van der Waals surface area contributed by atoms with Crippen LogP contribution in [0.1, 0.15) is 39.0 Å². The quantitative estimate of drug-likeness (QED) is 0.745. The molecular weight excluding hydrogens is 184 g/mol. The highest BCUT2D eigenvalue weighted by Gasteiger charge is 2.48. The smallest absolute Gasteiger partial charge is 0.00507 e. The molecule has 0 radical (unpaired) electrons. The molecule has 86 valence electrons. The molecule has 0 atom stereocenters. The van der Waals surface area contributed by atoms with E-state index in [0.29, 0.717) is 5.41 Å². The summed E-state index contributed by atoms with van der Waals surface area (Å²) in [6, 6.07) is 0. The van der Waals surface area contributed by atoms with E-state index < -0.39 is 0 Å². The van der Waals surface area contributed by atoms with Gasteiger partial charge in [-0.1, -0.05) is 13.3 Å². The standard InChI is InChI=1S/C13H24N2/c1-12(5-7-14-8-6-12)9-15-10-13(11-15)3-2-4-13/h14H,2-11H2,1H3. The number of nitrogens with zero attached hydrogens (tertiary/aromatic N) is 1. The zero-order valence-corrected chi connectivity index (χ0v) is 10.0. The highest BCUT2D eigenvalue weighted by Crippen LogP contribution is 2.49. The van der Waals surface area contributed by atoms with Crippen molar-refractivity contribution >= 4 is 0 Å². The molecule has 0 bridgehead atoms. The summed E-state index contributed by atoms with van der Waals surface area (Å²) in [4.78, 5) is 2.71. The fraction of sp³-hybridized carbons (Fsp3) is 1.00. The first-order valence-electron chi connectivity index (χ1n) is 6.63. The molecule has 1 N–H and O–H groups in total. The maximum Gasteiger partial charge on any atom is 0.00507 e. The van der Waals surface area contributed by atoms with Gasteiger partial charge in [0.1, 0.15) is 0 Å². The van der Waals surface area contributed by atoms with Crippen molar-refractivity contribution in [3.63, 3.8) is 0 Å². The first kappa shape index (κ1) is 10.1. The summed E-state index contributed by atoms with van der Waals surface area (Å²) in [5.41, 5.74) is 1.42. The van der Waals surface area contributed by atoms with Crippen LogP contribution in [-0.2, 0) is 0 Å². The Morgan fingerprint density at radius 3 is 2.27 bits per heavy atom. The van der Waals surface area contributed by atoms with Gasteiger partial charge in [0.25, 0.3) is 0 Å². The Morgan fingerprint density at radius 2 is 1.73 bits per heavy atom. The topological polar surface area (TPSA) is 15.3 Å². The maximum atomic E-state index is 3.47. The minimum absolute atomic E-state index is 0.608. The zero-order valence-electron chi connectivity index (χ0n) is 10.0. The summed E-state index contributed by atoms with van der Waals surface area (Å²) >= 11 is 0. The zero-order chi connectivity index (χ0) is 10.4. The number of likely N-dealkylation sites (tertiary alicyclic amines) is 1. The maximum absolute atomic E-state index is 3.47. The third-order valence-electron chi connectivity index (χ3n) is 4.95. The first-order chi connectivity index (χ1) is 7.20. The summed E-state index contributed by atoms with van der Waals surface area (Å²) in [5, 5.41) is 3.47. The molecule has 0 unspecified atom stereocenters. The van der Waals surface area contributed by atoms with Crippen LogP contribution in [0.5, 0.6) is 0 Å². The number of nitrogens with one attached hydrogen (secondary N) is 1. The van der Waals surface area contributed by atoms with E-state index in [9.17, 15) is 0 Å².